The van der Waals surface area contributed by atoms with Crippen LogP contribution in [0.25, 0.3) is 0 Å². The van der Waals surface area contributed by atoms with Crippen LogP contribution in [0.4, 0.5) is 19.0 Å². The van der Waals surface area contributed by atoms with Gasteiger partial charge >= 0.3 is 6.55 Å². The number of hydrogen-bond donors (Lipinski definition) is 1. The molecule has 9 heteroatoms. The van der Waals surface area contributed by atoms with E-state index in [0.717, 1.165) is 5.56 Å². The molecule has 2 aromatic heterocycles. The highest BCUT2D eigenvalue weighted by atomic mass is 35.5. The van der Waals surface area contributed by atoms with Gasteiger partial charge in [-0.3, -0.25) is 4.68 Å². The molecule has 20 heavy (non-hydrogen) atoms. The minimum absolute atomic E-state index is 0. The van der Waals surface area contributed by atoms with Crippen molar-refractivity contribution in [2.24, 2.45) is 0 Å². The number of nitrogens with zero attached hydrogens (tertiary/aromatic N) is 4. The summed E-state index contributed by atoms with van der Waals surface area (Å²) in [4.78, 5) is 0. The number of nitrogens with one attached hydrogen (secondary N) is 1. The third-order valence-electron chi connectivity index (χ3n) is 2.63. The van der Waals surface area contributed by atoms with E-state index in [1.807, 2.05) is 6.92 Å². The highest BCUT2D eigenvalue weighted by molar-refractivity contribution is 5.85. The topological polar surface area (TPSA) is 47.7 Å². The summed E-state index contributed by atoms with van der Waals surface area (Å²) in [5.74, 6) is 0.551. The molecule has 2 rings (SSSR count). The molecule has 0 spiro atoms. The molecule has 2 aromatic rings. The molecule has 0 radical (unpaired) electrons. The molecule has 0 saturated heterocycles. The minimum Gasteiger partial charge on any atom is -0.363 e. The first-order valence-corrected chi connectivity index (χ1v) is 5.76. The Balaban J connectivity index is 0.00000200. The van der Waals surface area contributed by atoms with Crippen LogP contribution in [0.1, 0.15) is 17.8 Å². The minimum atomic E-state index is -2.67. The van der Waals surface area contributed by atoms with Gasteiger partial charge in [0.25, 0.3) is 0 Å². The lowest BCUT2D eigenvalue weighted by atomic mass is 10.3. The number of aryl methyl sites for hydroxylation is 2. The first-order chi connectivity index (χ1) is 9.11. The van der Waals surface area contributed by atoms with Crippen LogP contribution in [-0.2, 0) is 13.1 Å². The van der Waals surface area contributed by atoms with Crippen LogP contribution in [0, 0.1) is 6.92 Å². The first-order valence-electron chi connectivity index (χ1n) is 5.76. The average Bonchev–Trinajstić information content (AvgIpc) is 2.94. The van der Waals surface area contributed by atoms with E-state index in [0.29, 0.717) is 16.2 Å². The van der Waals surface area contributed by atoms with Crippen molar-refractivity contribution >= 4 is 18.2 Å². The van der Waals surface area contributed by atoms with Gasteiger partial charge in [0, 0.05) is 18.0 Å². The van der Waals surface area contributed by atoms with Crippen LogP contribution in [0.2, 0.25) is 0 Å². The van der Waals surface area contributed by atoms with Gasteiger partial charge in [-0.15, -0.1) is 12.4 Å². The predicted octanol–water partition coefficient (Wildman–Crippen LogP) is 2.79. The summed E-state index contributed by atoms with van der Waals surface area (Å²) in [6.45, 7) is -1.00. The Bertz CT molecular complexity index is 540. The molecule has 0 aromatic carbocycles. The number of rotatable bonds is 6. The van der Waals surface area contributed by atoms with E-state index in [9.17, 15) is 13.2 Å². The molecule has 0 unspecified atom stereocenters. The second kappa shape index (κ2) is 7.18. The fourth-order valence-corrected chi connectivity index (χ4v) is 1.73. The summed E-state index contributed by atoms with van der Waals surface area (Å²) >= 11 is 0. The fourth-order valence-electron chi connectivity index (χ4n) is 1.73. The summed E-state index contributed by atoms with van der Waals surface area (Å²) < 4.78 is 39.5. The lowest BCUT2D eigenvalue weighted by molar-refractivity contribution is 0.0537. The van der Waals surface area contributed by atoms with Crippen LogP contribution < -0.4 is 5.32 Å². The maximum atomic E-state index is 12.6. The standard InChI is InChI=1S/C11H14F3N5.ClH/c1-8-7-18(5-3-12)17-10(8)15-6-9-2-4-16-19(9)11(13)14;/h2,4,7,11H,3,5-6H2,1H3,(H,15,17);1H. The molecule has 0 aliphatic rings. The van der Waals surface area contributed by atoms with E-state index in [1.54, 1.807) is 6.20 Å². The summed E-state index contributed by atoms with van der Waals surface area (Å²) in [6, 6.07) is 1.51. The highest BCUT2D eigenvalue weighted by Crippen LogP contribution is 2.15. The molecule has 112 valence electrons. The van der Waals surface area contributed by atoms with Crippen molar-refractivity contribution in [2.45, 2.75) is 26.6 Å². The lowest BCUT2D eigenvalue weighted by Gasteiger charge is -2.07. The van der Waals surface area contributed by atoms with Gasteiger partial charge in [0.1, 0.15) is 6.67 Å². The molecular weight excluding hydrogens is 295 g/mol. The second-order valence-electron chi connectivity index (χ2n) is 4.01. The summed E-state index contributed by atoms with van der Waals surface area (Å²) in [7, 11) is 0. The third-order valence-corrected chi connectivity index (χ3v) is 2.63. The van der Waals surface area contributed by atoms with Gasteiger partial charge < -0.3 is 5.32 Å². The monoisotopic (exact) mass is 309 g/mol. The molecule has 5 nitrogen and oxygen atoms in total. The van der Waals surface area contributed by atoms with Crippen LogP contribution in [0.15, 0.2) is 18.5 Å². The molecule has 2 heterocycles. The molecule has 0 atom stereocenters. The van der Waals surface area contributed by atoms with Crippen LogP contribution in [0.3, 0.4) is 0 Å². The predicted molar refractivity (Wildman–Crippen MR) is 71.0 cm³/mol. The van der Waals surface area contributed by atoms with Gasteiger partial charge in [-0.25, -0.2) is 9.07 Å². The third kappa shape index (κ3) is 3.66. The number of aromatic nitrogens is 4. The van der Waals surface area contributed by atoms with Gasteiger partial charge in [-0.05, 0) is 13.0 Å². The molecule has 1 N–H and O–H groups in total. The van der Waals surface area contributed by atoms with Gasteiger partial charge in [0.2, 0.25) is 0 Å². The zero-order valence-electron chi connectivity index (χ0n) is 10.8. The van der Waals surface area contributed by atoms with Crippen molar-refractivity contribution in [3.05, 3.63) is 29.7 Å². The Morgan fingerprint density at radius 3 is 2.80 bits per heavy atom. The van der Waals surface area contributed by atoms with Crippen molar-refractivity contribution in [2.75, 3.05) is 12.0 Å². The normalized spacial score (nSPS) is 10.7. The Hall–Kier alpha value is -1.70. The van der Waals surface area contributed by atoms with E-state index in [-0.39, 0.29) is 25.5 Å². The maximum Gasteiger partial charge on any atom is 0.333 e. The summed E-state index contributed by atoms with van der Waals surface area (Å²) in [5, 5.41) is 10.6. The number of halogens is 4. The van der Waals surface area contributed by atoms with Gasteiger partial charge in [-0.2, -0.15) is 19.0 Å². The Kier molecular flexibility index (Phi) is 5.87. The maximum absolute atomic E-state index is 12.6. The molecule has 0 amide bonds. The second-order valence-corrected chi connectivity index (χ2v) is 4.01. The van der Waals surface area contributed by atoms with Crippen LogP contribution >= 0.6 is 12.4 Å². The molecule has 0 aliphatic carbocycles. The van der Waals surface area contributed by atoms with Gasteiger partial charge in [0.15, 0.2) is 5.82 Å². The van der Waals surface area contributed by atoms with Crippen molar-refractivity contribution in [3.63, 3.8) is 0 Å². The molecule has 0 aliphatic heterocycles. The van der Waals surface area contributed by atoms with E-state index < -0.39 is 13.2 Å². The Labute approximate surface area is 120 Å². The van der Waals surface area contributed by atoms with Crippen LogP contribution in [0.5, 0.6) is 0 Å². The Morgan fingerprint density at radius 2 is 2.15 bits per heavy atom. The average molecular weight is 310 g/mol. The fraction of sp³-hybridized carbons (Fsp3) is 0.455. The first kappa shape index (κ1) is 16.4. The van der Waals surface area contributed by atoms with E-state index >= 15 is 0 Å². The largest absolute Gasteiger partial charge is 0.363 e. The zero-order chi connectivity index (χ0) is 13.8. The molecule has 0 saturated carbocycles. The van der Waals surface area contributed by atoms with E-state index in [4.69, 9.17) is 0 Å². The highest BCUT2D eigenvalue weighted by Gasteiger charge is 2.12. The van der Waals surface area contributed by atoms with E-state index in [2.05, 4.69) is 15.5 Å². The van der Waals surface area contributed by atoms with Gasteiger partial charge in [-0.1, -0.05) is 0 Å². The number of alkyl halides is 3. The van der Waals surface area contributed by atoms with Crippen molar-refractivity contribution in [1.29, 1.82) is 0 Å². The quantitative estimate of drug-likeness (QED) is 0.892. The molecule has 0 bridgehead atoms. The summed E-state index contributed by atoms with van der Waals surface area (Å²) in [6.07, 6.45) is 3.02. The number of anilines is 1. The Morgan fingerprint density at radius 1 is 1.40 bits per heavy atom. The summed E-state index contributed by atoms with van der Waals surface area (Å²) in [5.41, 5.74) is 1.19. The van der Waals surface area contributed by atoms with E-state index in [1.165, 1.54) is 16.9 Å². The van der Waals surface area contributed by atoms with Crippen molar-refractivity contribution < 1.29 is 13.2 Å². The van der Waals surface area contributed by atoms with Crippen LogP contribution in [-0.4, -0.2) is 26.2 Å². The number of hydrogen-bond acceptors (Lipinski definition) is 3. The smallest absolute Gasteiger partial charge is 0.333 e. The SMILES string of the molecule is Cc1cn(CCF)nc1NCc1ccnn1C(F)F.Cl. The van der Waals surface area contributed by atoms with Gasteiger partial charge in [0.05, 0.1) is 18.8 Å². The zero-order valence-corrected chi connectivity index (χ0v) is 11.6. The van der Waals surface area contributed by atoms with Crippen molar-refractivity contribution in [1.82, 2.24) is 19.6 Å². The molecular formula is C11H15ClF3N5. The lowest BCUT2D eigenvalue weighted by Crippen LogP contribution is -2.10. The molecule has 0 fully saturated rings. The van der Waals surface area contributed by atoms with Crippen molar-refractivity contribution in [3.8, 4) is 0 Å².